The summed E-state index contributed by atoms with van der Waals surface area (Å²) in [5.74, 6) is -0.288. The van der Waals surface area contributed by atoms with Gasteiger partial charge in [-0.15, -0.1) is 0 Å². The summed E-state index contributed by atoms with van der Waals surface area (Å²) in [7, 11) is 1.32. The molecular weight excluding hydrogens is 206 g/mol. The molecule has 0 amide bonds. The van der Waals surface area contributed by atoms with Crippen LogP contribution in [0.25, 0.3) is 11.1 Å². The van der Waals surface area contributed by atoms with Gasteiger partial charge in [0.25, 0.3) is 0 Å². The molecule has 1 heterocycles. The highest BCUT2D eigenvalue weighted by Crippen LogP contribution is 2.26. The van der Waals surface area contributed by atoms with E-state index in [1.165, 1.54) is 13.4 Å². The molecule has 0 aliphatic rings. The number of anilines is 1. The number of nitrogens with two attached hydrogens (primary N) is 1. The molecule has 0 saturated heterocycles. The van der Waals surface area contributed by atoms with Crippen LogP contribution in [-0.4, -0.2) is 13.1 Å². The van der Waals surface area contributed by atoms with Crippen molar-refractivity contribution in [3.8, 4) is 11.1 Å². The fraction of sp³-hybridized carbons (Fsp3) is 0.0833. The molecule has 0 unspecified atom stereocenters. The Kier molecular flexibility index (Phi) is 2.64. The van der Waals surface area contributed by atoms with Crippen LogP contribution in [-0.2, 0) is 4.74 Å². The van der Waals surface area contributed by atoms with Crippen LogP contribution in [0.1, 0.15) is 10.6 Å². The van der Waals surface area contributed by atoms with E-state index in [1.807, 2.05) is 12.1 Å². The smallest absolute Gasteiger partial charge is 0.374 e. The van der Waals surface area contributed by atoms with Crippen molar-refractivity contribution in [1.82, 2.24) is 0 Å². The van der Waals surface area contributed by atoms with Gasteiger partial charge in [-0.1, -0.05) is 12.1 Å². The molecule has 2 rings (SSSR count). The van der Waals surface area contributed by atoms with Crippen molar-refractivity contribution in [2.24, 2.45) is 0 Å². The molecule has 4 heteroatoms. The zero-order valence-electron chi connectivity index (χ0n) is 8.77. The maximum absolute atomic E-state index is 11.4. The van der Waals surface area contributed by atoms with Gasteiger partial charge in [0, 0.05) is 11.3 Å². The lowest BCUT2D eigenvalue weighted by molar-refractivity contribution is 0.0566. The second-order valence-corrected chi connectivity index (χ2v) is 3.28. The first-order valence-corrected chi connectivity index (χ1v) is 4.74. The number of nitrogen functional groups attached to an aromatic ring is 1. The predicted molar refractivity (Wildman–Crippen MR) is 59.9 cm³/mol. The molecule has 4 nitrogen and oxygen atoms in total. The molecule has 0 bridgehead atoms. The largest absolute Gasteiger partial charge is 0.463 e. The van der Waals surface area contributed by atoms with Crippen molar-refractivity contribution in [3.05, 3.63) is 42.4 Å². The molecule has 1 aromatic heterocycles. The minimum Gasteiger partial charge on any atom is -0.463 e. The molecule has 2 N–H and O–H groups in total. The molecule has 0 radical (unpaired) electrons. The van der Waals surface area contributed by atoms with E-state index in [0.717, 1.165) is 5.56 Å². The summed E-state index contributed by atoms with van der Waals surface area (Å²) in [6.45, 7) is 0. The molecule has 0 aliphatic heterocycles. The number of furan rings is 1. The molecule has 0 saturated carbocycles. The third-order valence-electron chi connectivity index (χ3n) is 2.26. The Balaban J connectivity index is 2.44. The lowest BCUT2D eigenvalue weighted by atomic mass is 10.1. The van der Waals surface area contributed by atoms with E-state index >= 15 is 0 Å². The third kappa shape index (κ3) is 1.77. The Morgan fingerprint density at radius 2 is 1.94 bits per heavy atom. The van der Waals surface area contributed by atoms with Crippen molar-refractivity contribution in [2.45, 2.75) is 0 Å². The summed E-state index contributed by atoms with van der Waals surface area (Å²) < 4.78 is 9.72. The first kappa shape index (κ1) is 10.3. The van der Waals surface area contributed by atoms with Crippen LogP contribution >= 0.6 is 0 Å². The Hall–Kier alpha value is -2.23. The summed E-state index contributed by atoms with van der Waals surface area (Å²) >= 11 is 0. The number of ether oxygens (including phenoxy) is 1. The van der Waals surface area contributed by atoms with Crippen LogP contribution in [0.15, 0.2) is 41.0 Å². The number of hydrogen-bond acceptors (Lipinski definition) is 4. The predicted octanol–water partition coefficient (Wildman–Crippen LogP) is 2.32. The molecule has 1 aromatic carbocycles. The van der Waals surface area contributed by atoms with Crippen LogP contribution in [0.3, 0.4) is 0 Å². The van der Waals surface area contributed by atoms with Crippen molar-refractivity contribution >= 4 is 11.7 Å². The van der Waals surface area contributed by atoms with Crippen LogP contribution in [0, 0.1) is 0 Å². The zero-order valence-corrected chi connectivity index (χ0v) is 8.77. The highest BCUT2D eigenvalue weighted by molar-refractivity contribution is 5.94. The lowest BCUT2D eigenvalue weighted by Gasteiger charge is -2.01. The molecule has 0 atom stereocenters. The first-order valence-electron chi connectivity index (χ1n) is 4.74. The number of hydrogen-bond donors (Lipinski definition) is 1. The molecular formula is C12H11NO3. The van der Waals surface area contributed by atoms with Gasteiger partial charge in [-0.25, -0.2) is 4.79 Å². The second-order valence-electron chi connectivity index (χ2n) is 3.28. The Morgan fingerprint density at radius 1 is 1.25 bits per heavy atom. The van der Waals surface area contributed by atoms with E-state index in [9.17, 15) is 4.79 Å². The fourth-order valence-corrected chi connectivity index (χ4v) is 1.45. The average Bonchev–Trinajstić information content (AvgIpc) is 2.78. The van der Waals surface area contributed by atoms with Gasteiger partial charge in [-0.05, 0) is 23.8 Å². The van der Waals surface area contributed by atoms with E-state index in [2.05, 4.69) is 4.74 Å². The van der Waals surface area contributed by atoms with E-state index in [0.29, 0.717) is 11.3 Å². The number of methoxy groups -OCH3 is 1. The van der Waals surface area contributed by atoms with Gasteiger partial charge in [0.1, 0.15) is 0 Å². The van der Waals surface area contributed by atoms with E-state index < -0.39 is 5.97 Å². The molecule has 82 valence electrons. The standard InChI is InChI=1S/C12H11NO3/c1-15-12(14)11-10(6-7-16-11)8-2-4-9(13)5-3-8/h2-7H,13H2,1H3. The summed E-state index contributed by atoms with van der Waals surface area (Å²) in [6.07, 6.45) is 1.46. The second kappa shape index (κ2) is 4.10. The molecule has 0 fully saturated rings. The van der Waals surface area contributed by atoms with Gasteiger partial charge in [-0.3, -0.25) is 0 Å². The average molecular weight is 217 g/mol. The maximum Gasteiger partial charge on any atom is 0.374 e. The number of esters is 1. The Bertz CT molecular complexity index is 499. The van der Waals surface area contributed by atoms with Gasteiger partial charge >= 0.3 is 5.97 Å². The normalized spacial score (nSPS) is 10.1. The minimum absolute atomic E-state index is 0.201. The highest BCUT2D eigenvalue weighted by Gasteiger charge is 2.16. The van der Waals surface area contributed by atoms with E-state index in [4.69, 9.17) is 10.2 Å². The topological polar surface area (TPSA) is 65.5 Å². The van der Waals surface area contributed by atoms with E-state index in [-0.39, 0.29) is 5.76 Å². The monoisotopic (exact) mass is 217 g/mol. The van der Waals surface area contributed by atoms with Crippen molar-refractivity contribution in [3.63, 3.8) is 0 Å². The van der Waals surface area contributed by atoms with Gasteiger partial charge in [-0.2, -0.15) is 0 Å². The van der Waals surface area contributed by atoms with Crippen LogP contribution < -0.4 is 5.73 Å². The molecule has 0 spiro atoms. The number of carbonyl (C=O) groups excluding carboxylic acids is 1. The first-order chi connectivity index (χ1) is 7.72. The van der Waals surface area contributed by atoms with Crippen LogP contribution in [0.2, 0.25) is 0 Å². The zero-order chi connectivity index (χ0) is 11.5. The third-order valence-corrected chi connectivity index (χ3v) is 2.26. The van der Waals surface area contributed by atoms with Gasteiger partial charge in [0.2, 0.25) is 5.76 Å². The van der Waals surface area contributed by atoms with Gasteiger partial charge in [0.15, 0.2) is 0 Å². The van der Waals surface area contributed by atoms with Crippen molar-refractivity contribution in [1.29, 1.82) is 0 Å². The number of carbonyl (C=O) groups is 1. The summed E-state index contributed by atoms with van der Waals surface area (Å²) in [5, 5.41) is 0. The maximum atomic E-state index is 11.4. The van der Waals surface area contributed by atoms with Gasteiger partial charge in [0.05, 0.1) is 13.4 Å². The van der Waals surface area contributed by atoms with Crippen LogP contribution in [0.4, 0.5) is 5.69 Å². The van der Waals surface area contributed by atoms with Gasteiger partial charge < -0.3 is 14.9 Å². The molecule has 16 heavy (non-hydrogen) atoms. The highest BCUT2D eigenvalue weighted by atomic mass is 16.5. The SMILES string of the molecule is COC(=O)c1occc1-c1ccc(N)cc1. The van der Waals surface area contributed by atoms with Crippen molar-refractivity contribution < 1.29 is 13.9 Å². The lowest BCUT2D eigenvalue weighted by Crippen LogP contribution is -2.00. The Morgan fingerprint density at radius 3 is 2.56 bits per heavy atom. The summed E-state index contributed by atoms with van der Waals surface area (Å²) in [5.41, 5.74) is 7.83. The molecule has 2 aromatic rings. The molecule has 0 aliphatic carbocycles. The van der Waals surface area contributed by atoms with Crippen LogP contribution in [0.5, 0.6) is 0 Å². The van der Waals surface area contributed by atoms with Crippen molar-refractivity contribution in [2.75, 3.05) is 12.8 Å². The summed E-state index contributed by atoms with van der Waals surface area (Å²) in [6, 6.07) is 8.91. The number of benzene rings is 1. The minimum atomic E-state index is -0.489. The number of rotatable bonds is 2. The summed E-state index contributed by atoms with van der Waals surface area (Å²) in [4.78, 5) is 11.4. The van der Waals surface area contributed by atoms with E-state index in [1.54, 1.807) is 18.2 Å². The fourth-order valence-electron chi connectivity index (χ4n) is 1.45. The Labute approximate surface area is 92.6 Å². The quantitative estimate of drug-likeness (QED) is 0.619.